The van der Waals surface area contributed by atoms with Crippen LogP contribution in [0.1, 0.15) is 32.6 Å². The lowest BCUT2D eigenvalue weighted by molar-refractivity contribution is -0.143. The molecule has 0 aromatic carbocycles. The van der Waals surface area contributed by atoms with Crippen LogP contribution in [0.2, 0.25) is 0 Å². The molecular weight excluding hydrogens is 240 g/mol. The summed E-state index contributed by atoms with van der Waals surface area (Å²) in [6.07, 6.45) is -0.360. The highest BCUT2D eigenvalue weighted by molar-refractivity contribution is 5.81. The summed E-state index contributed by atoms with van der Waals surface area (Å²) in [5.41, 5.74) is 11.1. The number of hydrogen-bond acceptors (Lipinski definition) is 6. The first-order chi connectivity index (χ1) is 8.35. The van der Waals surface area contributed by atoms with Crippen LogP contribution in [0.5, 0.6) is 0 Å². The number of carbonyl (C=O) groups excluding carboxylic acids is 2. The summed E-state index contributed by atoms with van der Waals surface area (Å²) in [4.78, 5) is 32.9. The van der Waals surface area contributed by atoms with E-state index in [0.717, 1.165) is 0 Å². The Morgan fingerprint density at radius 1 is 1.06 bits per heavy atom. The SMILES string of the molecule is CCOC(=O)CC(N)CC(=O)CC(N)CC(=O)O. The smallest absolute Gasteiger partial charge is 0.307 e. The lowest BCUT2D eigenvalue weighted by atomic mass is 10.0. The van der Waals surface area contributed by atoms with Gasteiger partial charge in [-0.15, -0.1) is 0 Å². The van der Waals surface area contributed by atoms with Crippen LogP contribution >= 0.6 is 0 Å². The number of esters is 1. The van der Waals surface area contributed by atoms with E-state index in [1.807, 2.05) is 0 Å². The molecule has 0 fully saturated rings. The van der Waals surface area contributed by atoms with Crippen molar-refractivity contribution in [2.24, 2.45) is 11.5 Å². The Hall–Kier alpha value is -1.47. The highest BCUT2D eigenvalue weighted by Gasteiger charge is 2.17. The van der Waals surface area contributed by atoms with E-state index >= 15 is 0 Å². The van der Waals surface area contributed by atoms with Gasteiger partial charge in [0.25, 0.3) is 0 Å². The van der Waals surface area contributed by atoms with Crippen LogP contribution in [0, 0.1) is 0 Å². The number of carboxylic acid groups (broad SMARTS) is 1. The molecule has 0 saturated heterocycles. The van der Waals surface area contributed by atoms with Crippen molar-refractivity contribution in [1.82, 2.24) is 0 Å². The molecule has 7 nitrogen and oxygen atoms in total. The number of nitrogens with two attached hydrogens (primary N) is 2. The third kappa shape index (κ3) is 8.66. The molecule has 2 unspecified atom stereocenters. The average Bonchev–Trinajstić information content (AvgIpc) is 2.14. The Labute approximate surface area is 105 Å². The van der Waals surface area contributed by atoms with Crippen LogP contribution in [0.15, 0.2) is 0 Å². The molecule has 0 saturated carbocycles. The molecule has 0 aliphatic rings. The summed E-state index contributed by atoms with van der Waals surface area (Å²) in [7, 11) is 0. The second kappa shape index (κ2) is 8.60. The van der Waals surface area contributed by atoms with Crippen molar-refractivity contribution in [3.05, 3.63) is 0 Å². The third-order valence-corrected chi connectivity index (χ3v) is 2.15. The minimum Gasteiger partial charge on any atom is -0.481 e. The van der Waals surface area contributed by atoms with Crippen molar-refractivity contribution < 1.29 is 24.2 Å². The van der Waals surface area contributed by atoms with E-state index in [4.69, 9.17) is 21.3 Å². The molecule has 0 heterocycles. The Balaban J connectivity index is 3.93. The predicted octanol–water partition coefficient (Wildman–Crippen LogP) is -0.582. The number of ketones is 1. The Bertz CT molecular complexity index is 306. The molecule has 0 amide bonds. The van der Waals surface area contributed by atoms with Crippen LogP contribution in [0.25, 0.3) is 0 Å². The van der Waals surface area contributed by atoms with Gasteiger partial charge in [-0.3, -0.25) is 14.4 Å². The summed E-state index contributed by atoms with van der Waals surface area (Å²) in [6.45, 7) is 1.95. The van der Waals surface area contributed by atoms with Gasteiger partial charge in [0.1, 0.15) is 5.78 Å². The summed E-state index contributed by atoms with van der Waals surface area (Å²) < 4.78 is 4.70. The molecule has 0 spiro atoms. The van der Waals surface area contributed by atoms with Crippen molar-refractivity contribution in [2.45, 2.75) is 44.7 Å². The molecule has 5 N–H and O–H groups in total. The minimum atomic E-state index is -1.05. The maximum Gasteiger partial charge on any atom is 0.307 e. The topological polar surface area (TPSA) is 133 Å². The molecule has 0 aliphatic heterocycles. The first-order valence-electron chi connectivity index (χ1n) is 5.75. The average molecular weight is 260 g/mol. The summed E-state index contributed by atoms with van der Waals surface area (Å²) in [5, 5.41) is 8.48. The predicted molar refractivity (Wildman–Crippen MR) is 63.7 cm³/mol. The summed E-state index contributed by atoms with van der Waals surface area (Å²) in [6, 6.07) is -1.33. The Morgan fingerprint density at radius 2 is 1.56 bits per heavy atom. The van der Waals surface area contributed by atoms with Crippen molar-refractivity contribution in [3.63, 3.8) is 0 Å². The van der Waals surface area contributed by atoms with Gasteiger partial charge in [0.05, 0.1) is 19.4 Å². The molecule has 0 bridgehead atoms. The zero-order valence-electron chi connectivity index (χ0n) is 10.4. The number of Topliss-reactive ketones (excluding diaryl/α,β-unsaturated/α-hetero) is 1. The molecule has 0 radical (unpaired) electrons. The maximum absolute atomic E-state index is 11.5. The van der Waals surface area contributed by atoms with E-state index in [1.54, 1.807) is 6.92 Å². The number of rotatable bonds is 9. The molecule has 2 atom stereocenters. The molecule has 18 heavy (non-hydrogen) atoms. The van der Waals surface area contributed by atoms with Crippen LogP contribution in [0.4, 0.5) is 0 Å². The molecule has 0 rings (SSSR count). The van der Waals surface area contributed by atoms with Gasteiger partial charge >= 0.3 is 11.9 Å². The van der Waals surface area contributed by atoms with Crippen molar-refractivity contribution in [2.75, 3.05) is 6.61 Å². The monoisotopic (exact) mass is 260 g/mol. The van der Waals surface area contributed by atoms with E-state index in [-0.39, 0.29) is 38.1 Å². The van der Waals surface area contributed by atoms with E-state index in [1.165, 1.54) is 0 Å². The first kappa shape index (κ1) is 16.5. The van der Waals surface area contributed by atoms with Crippen molar-refractivity contribution >= 4 is 17.7 Å². The summed E-state index contributed by atoms with van der Waals surface area (Å²) in [5.74, 6) is -1.75. The van der Waals surface area contributed by atoms with Gasteiger partial charge in [0.2, 0.25) is 0 Å². The van der Waals surface area contributed by atoms with Crippen molar-refractivity contribution in [3.8, 4) is 0 Å². The minimum absolute atomic E-state index is 0.00780. The van der Waals surface area contributed by atoms with Crippen molar-refractivity contribution in [1.29, 1.82) is 0 Å². The maximum atomic E-state index is 11.5. The van der Waals surface area contributed by atoms with Crippen LogP contribution in [0.3, 0.4) is 0 Å². The zero-order chi connectivity index (χ0) is 14.1. The highest BCUT2D eigenvalue weighted by atomic mass is 16.5. The summed E-state index contributed by atoms with van der Waals surface area (Å²) >= 11 is 0. The van der Waals surface area contributed by atoms with Gasteiger partial charge in [0, 0.05) is 24.9 Å². The number of aliphatic carboxylic acids is 1. The second-order valence-corrected chi connectivity index (χ2v) is 4.07. The van der Waals surface area contributed by atoms with Gasteiger partial charge in [-0.25, -0.2) is 0 Å². The quantitative estimate of drug-likeness (QED) is 0.472. The van der Waals surface area contributed by atoms with Gasteiger partial charge in [-0.2, -0.15) is 0 Å². The lowest BCUT2D eigenvalue weighted by Gasteiger charge is -2.12. The molecule has 0 aliphatic carbocycles. The molecule has 104 valence electrons. The fourth-order valence-corrected chi connectivity index (χ4v) is 1.47. The van der Waals surface area contributed by atoms with Gasteiger partial charge in [-0.05, 0) is 6.92 Å². The van der Waals surface area contributed by atoms with Crippen LogP contribution in [-0.2, 0) is 19.1 Å². The second-order valence-electron chi connectivity index (χ2n) is 4.07. The highest BCUT2D eigenvalue weighted by Crippen LogP contribution is 2.04. The normalized spacial score (nSPS) is 13.7. The standard InChI is InChI=1S/C11H20N2O5/c1-2-18-11(17)6-8(13)4-9(14)3-7(12)5-10(15)16/h7-8H,2-6,12-13H2,1H3,(H,15,16). The number of hydrogen-bond donors (Lipinski definition) is 3. The Morgan fingerprint density at radius 3 is 2.00 bits per heavy atom. The number of carboxylic acids is 1. The number of carbonyl (C=O) groups is 3. The molecular formula is C11H20N2O5. The van der Waals surface area contributed by atoms with Gasteiger partial charge in [0.15, 0.2) is 0 Å². The molecule has 7 heteroatoms. The van der Waals surface area contributed by atoms with E-state index < -0.39 is 24.0 Å². The van der Waals surface area contributed by atoms with E-state index in [2.05, 4.69) is 0 Å². The van der Waals surface area contributed by atoms with E-state index in [9.17, 15) is 14.4 Å². The largest absolute Gasteiger partial charge is 0.481 e. The Kier molecular flexibility index (Phi) is 7.89. The molecule has 0 aromatic heterocycles. The lowest BCUT2D eigenvalue weighted by Crippen LogP contribution is -2.31. The van der Waals surface area contributed by atoms with Crippen LogP contribution < -0.4 is 11.5 Å². The zero-order valence-corrected chi connectivity index (χ0v) is 10.4. The van der Waals surface area contributed by atoms with Crippen LogP contribution in [-0.4, -0.2) is 41.5 Å². The van der Waals surface area contributed by atoms with Gasteiger partial charge in [-0.1, -0.05) is 0 Å². The fraction of sp³-hybridized carbons (Fsp3) is 0.727. The molecule has 0 aromatic rings. The van der Waals surface area contributed by atoms with Gasteiger partial charge < -0.3 is 21.3 Å². The number of ether oxygens (including phenoxy) is 1. The van der Waals surface area contributed by atoms with E-state index in [0.29, 0.717) is 0 Å². The fourth-order valence-electron chi connectivity index (χ4n) is 1.47. The third-order valence-electron chi connectivity index (χ3n) is 2.15. The first-order valence-corrected chi connectivity index (χ1v) is 5.75.